The maximum absolute atomic E-state index is 12.4. The minimum Gasteiger partial charge on any atom is -0.508 e. The second-order valence-electron chi connectivity index (χ2n) is 16.5. The molecule has 0 unspecified atom stereocenters. The molecule has 5 rings (SSSR count). The zero-order valence-corrected chi connectivity index (χ0v) is 32.5. The number of aromatic nitrogens is 2. The Hall–Kier alpha value is -3.66. The van der Waals surface area contributed by atoms with Crippen LogP contribution >= 0.6 is 0 Å². The first-order valence-electron chi connectivity index (χ1n) is 20.7. The van der Waals surface area contributed by atoms with E-state index in [1.807, 2.05) is 24.3 Å². The number of nitrogens with zero attached hydrogens (tertiary/aromatic N) is 1. The number of phenols is 1. The number of carboxylic acids is 1. The highest BCUT2D eigenvalue weighted by molar-refractivity contribution is 5.70. The molecule has 0 radical (unpaired) electrons. The van der Waals surface area contributed by atoms with Gasteiger partial charge in [-0.05, 0) is 130 Å². The number of nitrogen functional groups attached to an aromatic ring is 1. The molecule has 2 aromatic heterocycles. The molecule has 54 heavy (non-hydrogen) atoms. The van der Waals surface area contributed by atoms with Crippen LogP contribution in [0.2, 0.25) is 0 Å². The summed E-state index contributed by atoms with van der Waals surface area (Å²) in [6.45, 7) is 4.31. The van der Waals surface area contributed by atoms with E-state index in [0.717, 1.165) is 79.4 Å². The maximum atomic E-state index is 12.4. The van der Waals surface area contributed by atoms with Crippen LogP contribution in [0.4, 0.5) is 5.82 Å². The average molecular weight is 744 g/mol. The predicted octanol–water partition coefficient (Wildman–Crippen LogP) is 8.40. The van der Waals surface area contributed by atoms with Crippen molar-refractivity contribution in [1.29, 1.82) is 0 Å². The van der Waals surface area contributed by atoms with E-state index in [1.165, 1.54) is 19.3 Å². The number of aliphatic hydroxyl groups is 3. The molecule has 1 fully saturated rings. The number of aliphatic carboxylic acids is 1. The van der Waals surface area contributed by atoms with E-state index >= 15 is 0 Å². The van der Waals surface area contributed by atoms with Crippen LogP contribution in [0.25, 0.3) is 11.3 Å². The zero-order valence-electron chi connectivity index (χ0n) is 32.5. The van der Waals surface area contributed by atoms with Gasteiger partial charge in [-0.2, -0.15) is 0 Å². The van der Waals surface area contributed by atoms with Gasteiger partial charge in [-0.25, -0.2) is 4.98 Å². The van der Waals surface area contributed by atoms with Crippen LogP contribution in [0, 0.1) is 29.6 Å². The smallest absolute Gasteiger partial charge is 0.309 e. The van der Waals surface area contributed by atoms with Crippen molar-refractivity contribution in [3.05, 3.63) is 77.6 Å². The van der Waals surface area contributed by atoms with Gasteiger partial charge in [0.2, 0.25) is 0 Å². The number of phenolic OH excluding ortho intramolecular Hbond substituents is 1. The van der Waals surface area contributed by atoms with Gasteiger partial charge in [-0.15, -0.1) is 0 Å². The molecule has 296 valence electrons. The number of benzene rings is 1. The van der Waals surface area contributed by atoms with Crippen LogP contribution in [0.15, 0.2) is 60.8 Å². The summed E-state index contributed by atoms with van der Waals surface area (Å²) in [5, 5.41) is 54.7. The molecule has 1 aromatic carbocycles. The fourth-order valence-electron chi connectivity index (χ4n) is 9.35. The predicted molar refractivity (Wildman–Crippen MR) is 215 cm³/mol. The van der Waals surface area contributed by atoms with Gasteiger partial charge in [0.25, 0.3) is 0 Å². The first-order valence-corrected chi connectivity index (χ1v) is 20.7. The molecule has 9 heteroatoms. The Kier molecular flexibility index (Phi) is 15.2. The van der Waals surface area contributed by atoms with Gasteiger partial charge in [-0.1, -0.05) is 76.7 Å². The van der Waals surface area contributed by atoms with E-state index in [2.05, 4.69) is 42.0 Å². The lowest BCUT2D eigenvalue weighted by atomic mass is 9.80. The third-order valence-corrected chi connectivity index (χ3v) is 12.4. The number of anilines is 1. The summed E-state index contributed by atoms with van der Waals surface area (Å²) in [6.07, 6.45) is 18.2. The first-order chi connectivity index (χ1) is 26.0. The van der Waals surface area contributed by atoms with E-state index in [4.69, 9.17) is 5.73 Å². The van der Waals surface area contributed by atoms with Crippen molar-refractivity contribution in [3.63, 3.8) is 0 Å². The highest BCUT2D eigenvalue weighted by atomic mass is 16.4. The lowest BCUT2D eigenvalue weighted by Crippen LogP contribution is -2.37. The molecule has 0 spiro atoms. The number of aliphatic hydroxyl groups excluding tert-OH is 2. The largest absolute Gasteiger partial charge is 0.508 e. The number of aromatic hydroxyl groups is 1. The number of allylic oxidation sites excluding steroid dienone is 1. The summed E-state index contributed by atoms with van der Waals surface area (Å²) in [4.78, 5) is 20.1. The topological polar surface area (TPSA) is 173 Å². The molecule has 0 amide bonds. The minimum absolute atomic E-state index is 0.103. The number of carboxylic acid groups (broad SMARTS) is 1. The first kappa shape index (κ1) is 41.5. The summed E-state index contributed by atoms with van der Waals surface area (Å²) in [5.74, 6) is -0.513. The fourth-order valence-corrected chi connectivity index (χ4v) is 9.35. The molecule has 2 heterocycles. The molecule has 8 N–H and O–H groups in total. The number of hydrogen-bond acceptors (Lipinski definition) is 7. The van der Waals surface area contributed by atoms with Gasteiger partial charge < -0.3 is 36.3 Å². The third-order valence-electron chi connectivity index (χ3n) is 12.4. The molecular formula is C45H65N3O6. The fraction of sp³-hybridized carbons (Fsp3) is 0.600. The second-order valence-corrected chi connectivity index (χ2v) is 16.5. The Bertz CT molecular complexity index is 1660. The van der Waals surface area contributed by atoms with E-state index in [9.17, 15) is 30.3 Å². The Balaban J connectivity index is 1.19. The normalized spacial score (nSPS) is 25.2. The summed E-state index contributed by atoms with van der Waals surface area (Å²) in [7, 11) is 0. The van der Waals surface area contributed by atoms with Crippen LogP contribution in [0.5, 0.6) is 5.75 Å². The number of carbonyl (C=O) groups is 1. The van der Waals surface area contributed by atoms with Crippen LogP contribution in [0.3, 0.4) is 0 Å². The lowest BCUT2D eigenvalue weighted by Gasteiger charge is -2.32. The van der Waals surface area contributed by atoms with Crippen LogP contribution in [-0.2, 0) is 24.1 Å². The summed E-state index contributed by atoms with van der Waals surface area (Å²) in [6, 6.07) is 13.2. The van der Waals surface area contributed by atoms with Gasteiger partial charge in [0.1, 0.15) is 11.6 Å². The maximum Gasteiger partial charge on any atom is 0.309 e. The van der Waals surface area contributed by atoms with Crippen molar-refractivity contribution in [2.24, 2.45) is 29.6 Å². The zero-order chi connectivity index (χ0) is 38.7. The molecule has 2 aliphatic rings. The lowest BCUT2D eigenvalue weighted by molar-refractivity contribution is -0.146. The highest BCUT2D eigenvalue weighted by Gasteiger charge is 2.46. The molecule has 1 saturated carbocycles. The van der Waals surface area contributed by atoms with E-state index in [-0.39, 0.29) is 36.0 Å². The monoisotopic (exact) mass is 743 g/mol. The van der Waals surface area contributed by atoms with E-state index in [0.29, 0.717) is 43.8 Å². The van der Waals surface area contributed by atoms with Crippen molar-refractivity contribution in [2.75, 3.05) is 5.73 Å². The number of unbranched alkanes of at least 4 members (excludes halogenated alkanes) is 4. The second kappa shape index (κ2) is 19.8. The molecule has 3 aromatic rings. The van der Waals surface area contributed by atoms with E-state index in [1.54, 1.807) is 18.3 Å². The molecule has 0 bridgehead atoms. The average Bonchev–Trinajstić information content (AvgIpc) is 3.69. The minimum atomic E-state index is -1.08. The summed E-state index contributed by atoms with van der Waals surface area (Å²) in [5.41, 5.74) is 9.99. The highest BCUT2D eigenvalue weighted by Crippen LogP contribution is 2.46. The van der Waals surface area contributed by atoms with Gasteiger partial charge in [0.05, 0.1) is 23.7 Å². The van der Waals surface area contributed by atoms with Crippen molar-refractivity contribution in [2.45, 2.75) is 141 Å². The Morgan fingerprint density at radius 1 is 1.00 bits per heavy atom. The Morgan fingerprint density at radius 2 is 1.81 bits per heavy atom. The number of rotatable bonds is 21. The summed E-state index contributed by atoms with van der Waals surface area (Å²) < 4.78 is 0. The van der Waals surface area contributed by atoms with Gasteiger partial charge in [0, 0.05) is 29.1 Å². The molecule has 9 nitrogen and oxygen atoms in total. The van der Waals surface area contributed by atoms with Gasteiger partial charge in [0.15, 0.2) is 0 Å². The van der Waals surface area contributed by atoms with Crippen molar-refractivity contribution >= 4 is 11.8 Å². The van der Waals surface area contributed by atoms with E-state index < -0.39 is 23.6 Å². The molecular weight excluding hydrogens is 679 g/mol. The van der Waals surface area contributed by atoms with Gasteiger partial charge >= 0.3 is 5.97 Å². The quantitative estimate of drug-likeness (QED) is 0.0421. The van der Waals surface area contributed by atoms with Crippen LogP contribution in [-0.4, -0.2) is 59.3 Å². The van der Waals surface area contributed by atoms with Crippen molar-refractivity contribution < 1.29 is 30.3 Å². The van der Waals surface area contributed by atoms with Gasteiger partial charge in [-0.3, -0.25) is 4.79 Å². The third kappa shape index (κ3) is 11.4. The number of hydrogen-bond donors (Lipinski definition) is 7. The van der Waals surface area contributed by atoms with Crippen LogP contribution < -0.4 is 5.73 Å². The number of nitrogens with one attached hydrogen (secondary N) is 1. The molecule has 2 aliphatic carbocycles. The Morgan fingerprint density at radius 3 is 2.54 bits per heavy atom. The number of nitrogens with two attached hydrogens (primary N) is 1. The number of aryl methyl sites for hydroxylation is 1. The molecule has 8 atom stereocenters. The Labute approximate surface area is 322 Å². The standard InChI is InChI=1S/C45H65N3O6/c1-3-5-7-11-30-16-17-34(41(51)24-30)12-8-6-9-15-39(44(52)53)40(50)18-20-45(54)29-32(22-31-19-21-47-42(46)25-31)23-36(45)28-37-26-33(4-2)43(48-37)35-13-10-14-38(49)27-35/h10,13-14,16-17,19,21,25-27,30,32,34,36,39-41,48-51,54H,3-9,11-12,15,18,20,22-24,28-29H2,1-2H3,(H2,46,47)(H,52,53)/t30-,32+,34-,36-,39-,40+,41+,45-/m0/s1. The van der Waals surface area contributed by atoms with Crippen LogP contribution in [0.1, 0.15) is 121 Å². The van der Waals surface area contributed by atoms with Crippen molar-refractivity contribution in [3.8, 4) is 17.0 Å². The number of aromatic amines is 1. The number of H-pyrrole nitrogens is 1. The van der Waals surface area contributed by atoms with Crippen molar-refractivity contribution in [1.82, 2.24) is 9.97 Å². The molecule has 0 aliphatic heterocycles. The number of pyridine rings is 1. The molecule has 0 saturated heterocycles. The summed E-state index contributed by atoms with van der Waals surface area (Å²) >= 11 is 0. The SMILES string of the molecule is CCCCC[C@H]1C=C[C@H](CCCCC[C@H](C(=O)O)[C@H](O)CC[C@]2(O)C[C@H](Cc3ccnc(N)c3)C[C@H]2Cc2cc(CC)c(-c3cccc(O)c3)[nH]2)[C@H](O)C1.